The number of ether oxygens (including phenoxy) is 2. The highest BCUT2D eigenvalue weighted by molar-refractivity contribution is 7.85. The van der Waals surface area contributed by atoms with Gasteiger partial charge >= 0.3 is 0 Å². The molecular weight excluding hydrogens is 364 g/mol. The molecule has 0 radical (unpaired) electrons. The number of carbonyl (C=O) groups excluding carboxylic acids is 1. The van der Waals surface area contributed by atoms with Crippen molar-refractivity contribution in [1.29, 1.82) is 0 Å². The summed E-state index contributed by atoms with van der Waals surface area (Å²) in [6, 6.07) is 15.0. The maximum absolute atomic E-state index is 12.4. The first-order valence-electron chi connectivity index (χ1n) is 8.28. The molecule has 7 heteroatoms. The number of rotatable bonds is 7. The van der Waals surface area contributed by atoms with Crippen LogP contribution in [0.5, 0.6) is 11.5 Å². The van der Waals surface area contributed by atoms with Crippen molar-refractivity contribution in [2.45, 2.75) is 12.1 Å². The second kappa shape index (κ2) is 8.18. The summed E-state index contributed by atoms with van der Waals surface area (Å²) in [5, 5.41) is 0.279. The first-order chi connectivity index (χ1) is 13.0. The van der Waals surface area contributed by atoms with Gasteiger partial charge in [-0.2, -0.15) is 0 Å². The minimum atomic E-state index is -1.53. The van der Waals surface area contributed by atoms with Gasteiger partial charge in [0.05, 0.1) is 42.2 Å². The number of ketones is 1. The maximum Gasteiger partial charge on any atom is 0.197 e. The largest absolute Gasteiger partial charge is 0.497 e. The summed E-state index contributed by atoms with van der Waals surface area (Å²) in [4.78, 5) is 19.0. The third kappa shape index (κ3) is 4.25. The number of aromatic nitrogens is 2. The molecule has 3 aromatic rings. The van der Waals surface area contributed by atoms with Crippen LogP contribution in [0.15, 0.2) is 53.7 Å². The number of hydrogen-bond donors (Lipinski definition) is 1. The minimum Gasteiger partial charge on any atom is -0.497 e. The Morgan fingerprint density at radius 2 is 1.48 bits per heavy atom. The summed E-state index contributed by atoms with van der Waals surface area (Å²) < 4.78 is 22.9. The second-order valence-corrected chi connectivity index (χ2v) is 7.28. The molecule has 6 nitrogen and oxygen atoms in total. The van der Waals surface area contributed by atoms with Crippen LogP contribution in [0.1, 0.15) is 6.92 Å². The highest BCUT2D eigenvalue weighted by atomic mass is 32.2. The van der Waals surface area contributed by atoms with Gasteiger partial charge < -0.3 is 14.5 Å². The number of Topliss-reactive ketones (excluding diaryl/α,β-unsaturated/α-hetero) is 1. The lowest BCUT2D eigenvalue weighted by Gasteiger charge is -2.06. The van der Waals surface area contributed by atoms with Crippen molar-refractivity contribution in [1.82, 2.24) is 9.97 Å². The van der Waals surface area contributed by atoms with E-state index < -0.39 is 10.8 Å². The molecule has 0 amide bonds. The van der Waals surface area contributed by atoms with Gasteiger partial charge in [0.1, 0.15) is 17.3 Å². The normalized spacial score (nSPS) is 11.8. The molecular formula is C20H20N2O4S. The maximum atomic E-state index is 12.4. The molecule has 0 aliphatic carbocycles. The number of nitrogens with zero attached hydrogens (tertiary/aromatic N) is 1. The number of imidazole rings is 1. The lowest BCUT2D eigenvalue weighted by molar-refractivity contribution is -0.114. The van der Waals surface area contributed by atoms with Crippen molar-refractivity contribution in [3.05, 3.63) is 48.5 Å². The Hall–Kier alpha value is -2.93. The van der Waals surface area contributed by atoms with E-state index in [1.807, 2.05) is 48.5 Å². The Bertz CT molecular complexity index is 898. The molecule has 0 saturated heterocycles. The van der Waals surface area contributed by atoms with Gasteiger partial charge in [-0.15, -0.1) is 0 Å². The van der Waals surface area contributed by atoms with Gasteiger partial charge in [0.15, 0.2) is 5.16 Å². The molecule has 0 fully saturated rings. The molecule has 1 N–H and O–H groups in total. The number of H-pyrrole nitrogens is 1. The number of benzene rings is 2. The molecule has 0 spiro atoms. The zero-order valence-corrected chi connectivity index (χ0v) is 16.1. The molecule has 140 valence electrons. The molecule has 27 heavy (non-hydrogen) atoms. The summed E-state index contributed by atoms with van der Waals surface area (Å²) in [6.45, 7) is 1.41. The predicted molar refractivity (Wildman–Crippen MR) is 105 cm³/mol. The van der Waals surface area contributed by atoms with Crippen LogP contribution in [0.3, 0.4) is 0 Å². The Morgan fingerprint density at radius 1 is 0.963 bits per heavy atom. The lowest BCUT2D eigenvalue weighted by Crippen LogP contribution is -2.07. The molecule has 3 rings (SSSR count). The zero-order chi connectivity index (χ0) is 19.4. The van der Waals surface area contributed by atoms with Gasteiger partial charge in [0, 0.05) is 11.1 Å². The molecule has 2 aromatic carbocycles. The van der Waals surface area contributed by atoms with Crippen LogP contribution in [-0.4, -0.2) is 39.9 Å². The average molecular weight is 384 g/mol. The Balaban J connectivity index is 2.08. The molecule has 0 bridgehead atoms. The van der Waals surface area contributed by atoms with E-state index in [-0.39, 0.29) is 16.7 Å². The Morgan fingerprint density at radius 3 is 1.96 bits per heavy atom. The summed E-state index contributed by atoms with van der Waals surface area (Å²) in [5.41, 5.74) is 3.12. The monoisotopic (exact) mass is 384 g/mol. The van der Waals surface area contributed by atoms with E-state index in [2.05, 4.69) is 9.97 Å². The van der Waals surface area contributed by atoms with Gasteiger partial charge in [-0.3, -0.25) is 9.00 Å². The van der Waals surface area contributed by atoms with Gasteiger partial charge in [-0.25, -0.2) is 4.98 Å². The summed E-state index contributed by atoms with van der Waals surface area (Å²) >= 11 is 0. The highest BCUT2D eigenvalue weighted by Crippen LogP contribution is 2.32. The number of aromatic amines is 1. The first kappa shape index (κ1) is 18.8. The van der Waals surface area contributed by atoms with Crippen molar-refractivity contribution in [2.24, 2.45) is 0 Å². The summed E-state index contributed by atoms with van der Waals surface area (Å²) in [7, 11) is 1.69. The van der Waals surface area contributed by atoms with Gasteiger partial charge in [-0.1, -0.05) is 0 Å². The van der Waals surface area contributed by atoms with Crippen molar-refractivity contribution < 1.29 is 18.5 Å². The van der Waals surface area contributed by atoms with Gasteiger partial charge in [0.25, 0.3) is 0 Å². The first-order valence-corrected chi connectivity index (χ1v) is 9.60. The van der Waals surface area contributed by atoms with Crippen LogP contribution < -0.4 is 9.47 Å². The third-order valence-corrected chi connectivity index (χ3v) is 5.27. The number of nitrogens with one attached hydrogen (secondary N) is 1. The van der Waals surface area contributed by atoms with Crippen molar-refractivity contribution >= 4 is 16.6 Å². The Kier molecular flexibility index (Phi) is 5.71. The van der Waals surface area contributed by atoms with Crippen LogP contribution >= 0.6 is 0 Å². The van der Waals surface area contributed by atoms with Crippen molar-refractivity contribution in [3.8, 4) is 34.0 Å². The fourth-order valence-corrected chi connectivity index (χ4v) is 3.55. The van der Waals surface area contributed by atoms with E-state index in [1.54, 1.807) is 14.2 Å². The average Bonchev–Trinajstić information content (AvgIpc) is 3.13. The van der Waals surface area contributed by atoms with Crippen LogP contribution in [-0.2, 0) is 15.6 Å². The van der Waals surface area contributed by atoms with Crippen LogP contribution in [0.4, 0.5) is 0 Å². The standard InChI is InChI=1S/C20H20N2O4S/c1-13(23)12-27(24)20-21-18(14-4-8-16(25-2)9-5-14)19(22-20)15-6-10-17(26-3)11-7-15/h4-11H,12H2,1-3H3,(H,21,22). The van der Waals surface area contributed by atoms with Crippen molar-refractivity contribution in [3.63, 3.8) is 0 Å². The topological polar surface area (TPSA) is 81.3 Å². The molecule has 1 heterocycles. The van der Waals surface area contributed by atoms with E-state index in [4.69, 9.17) is 9.47 Å². The van der Waals surface area contributed by atoms with E-state index in [9.17, 15) is 9.00 Å². The molecule has 1 aromatic heterocycles. The number of methoxy groups -OCH3 is 2. The molecule has 0 aliphatic rings. The quantitative estimate of drug-likeness (QED) is 0.675. The van der Waals surface area contributed by atoms with E-state index in [0.717, 1.165) is 28.3 Å². The van der Waals surface area contributed by atoms with Crippen LogP contribution in [0.2, 0.25) is 0 Å². The molecule has 0 aliphatic heterocycles. The van der Waals surface area contributed by atoms with Gasteiger partial charge in [0.2, 0.25) is 0 Å². The van der Waals surface area contributed by atoms with Crippen LogP contribution in [0.25, 0.3) is 22.5 Å². The SMILES string of the molecule is COc1ccc(-c2nc(S(=O)CC(C)=O)[nH]c2-c2ccc(OC)cc2)cc1. The number of carbonyl (C=O) groups is 1. The lowest BCUT2D eigenvalue weighted by atomic mass is 10.0. The van der Waals surface area contributed by atoms with Gasteiger partial charge in [-0.05, 0) is 55.5 Å². The smallest absolute Gasteiger partial charge is 0.197 e. The second-order valence-electron chi connectivity index (χ2n) is 5.91. The van der Waals surface area contributed by atoms with Crippen LogP contribution in [0, 0.1) is 0 Å². The summed E-state index contributed by atoms with van der Waals surface area (Å²) in [5.74, 6) is 1.25. The van der Waals surface area contributed by atoms with E-state index >= 15 is 0 Å². The third-order valence-electron chi connectivity index (χ3n) is 3.97. The van der Waals surface area contributed by atoms with E-state index in [1.165, 1.54) is 6.92 Å². The Labute approximate surface area is 160 Å². The highest BCUT2D eigenvalue weighted by Gasteiger charge is 2.18. The fourth-order valence-electron chi connectivity index (χ4n) is 2.64. The minimum absolute atomic E-state index is 0.0718. The predicted octanol–water partition coefficient (Wildman–Crippen LogP) is 3.46. The van der Waals surface area contributed by atoms with E-state index in [0.29, 0.717) is 5.69 Å². The number of hydrogen-bond acceptors (Lipinski definition) is 5. The fraction of sp³-hybridized carbons (Fsp3) is 0.200. The molecule has 1 unspecified atom stereocenters. The molecule has 0 saturated carbocycles. The zero-order valence-electron chi connectivity index (χ0n) is 15.3. The summed E-state index contributed by atoms with van der Waals surface area (Å²) in [6.07, 6.45) is 0. The molecule has 1 atom stereocenters. The van der Waals surface area contributed by atoms with Crippen molar-refractivity contribution in [2.75, 3.05) is 20.0 Å².